The van der Waals surface area contributed by atoms with E-state index in [1.807, 2.05) is 6.07 Å². The molecule has 2 aromatic carbocycles. The molecule has 1 amide bonds. The molecule has 7 heteroatoms. The highest BCUT2D eigenvalue weighted by atomic mass is 32.2. The van der Waals surface area contributed by atoms with Crippen LogP contribution in [0, 0.1) is 11.3 Å². The lowest BCUT2D eigenvalue weighted by atomic mass is 10.1. The van der Waals surface area contributed by atoms with Gasteiger partial charge in [0, 0.05) is 5.69 Å². The molecule has 1 heterocycles. The fourth-order valence-electron chi connectivity index (χ4n) is 2.69. The predicted octanol–water partition coefficient (Wildman–Crippen LogP) is 2.10. The van der Waals surface area contributed by atoms with E-state index < -0.39 is 9.84 Å². The van der Waals surface area contributed by atoms with Crippen molar-refractivity contribution in [3.63, 3.8) is 0 Å². The molecule has 0 spiro atoms. The minimum absolute atomic E-state index is 0.0267. The van der Waals surface area contributed by atoms with Crippen molar-refractivity contribution in [3.8, 4) is 11.8 Å². The van der Waals surface area contributed by atoms with Crippen LogP contribution < -0.4 is 10.1 Å². The largest absolute Gasteiger partial charge is 0.479 e. The number of rotatable bonds is 5. The normalized spacial score (nSPS) is 14.4. The van der Waals surface area contributed by atoms with Gasteiger partial charge >= 0.3 is 0 Å². The monoisotopic (exact) mass is 356 g/mol. The molecule has 3 rings (SSSR count). The number of nitrogens with one attached hydrogen (secondary N) is 1. The molecule has 0 atom stereocenters. The highest BCUT2D eigenvalue weighted by molar-refractivity contribution is 7.91. The van der Waals surface area contributed by atoms with Crippen molar-refractivity contribution in [1.82, 2.24) is 0 Å². The van der Waals surface area contributed by atoms with Crippen LogP contribution in [0.3, 0.4) is 0 Å². The van der Waals surface area contributed by atoms with Crippen LogP contribution in [0.2, 0.25) is 0 Å². The number of hydrogen-bond acceptors (Lipinski definition) is 5. The summed E-state index contributed by atoms with van der Waals surface area (Å²) in [6, 6.07) is 13.8. The summed E-state index contributed by atoms with van der Waals surface area (Å²) in [6.07, 6.45) is 0.675. The van der Waals surface area contributed by atoms with Gasteiger partial charge in [0.15, 0.2) is 16.4 Å². The molecular formula is C18H16N2O4S. The number of amides is 1. The second-order valence-corrected chi connectivity index (χ2v) is 7.78. The molecule has 0 aliphatic carbocycles. The van der Waals surface area contributed by atoms with E-state index in [1.165, 1.54) is 6.07 Å². The van der Waals surface area contributed by atoms with E-state index >= 15 is 0 Å². The number of nitriles is 1. The maximum absolute atomic E-state index is 12.2. The van der Waals surface area contributed by atoms with Gasteiger partial charge in [-0.15, -0.1) is 0 Å². The Hall–Kier alpha value is -2.85. The number of fused-ring (bicyclic) bond motifs is 1. The van der Waals surface area contributed by atoms with Crippen molar-refractivity contribution in [3.05, 3.63) is 53.6 Å². The molecule has 0 aromatic heterocycles. The molecule has 0 fully saturated rings. The summed E-state index contributed by atoms with van der Waals surface area (Å²) < 4.78 is 29.0. The van der Waals surface area contributed by atoms with Gasteiger partial charge in [-0.05, 0) is 41.8 Å². The lowest BCUT2D eigenvalue weighted by Gasteiger charge is -2.08. The van der Waals surface area contributed by atoms with E-state index in [1.54, 1.807) is 36.4 Å². The summed E-state index contributed by atoms with van der Waals surface area (Å²) in [5.74, 6) is 0.454. The van der Waals surface area contributed by atoms with Crippen molar-refractivity contribution in [2.45, 2.75) is 17.7 Å². The Labute approximate surface area is 146 Å². The zero-order chi connectivity index (χ0) is 17.9. The smallest absolute Gasteiger partial charge is 0.228 e. The van der Waals surface area contributed by atoms with Gasteiger partial charge in [0.1, 0.15) is 11.8 Å². The van der Waals surface area contributed by atoms with Gasteiger partial charge in [0.05, 0.1) is 17.1 Å². The van der Waals surface area contributed by atoms with E-state index in [-0.39, 0.29) is 24.7 Å². The molecule has 0 bridgehead atoms. The summed E-state index contributed by atoms with van der Waals surface area (Å²) in [5, 5.41) is 11.2. The highest BCUT2D eigenvalue weighted by Crippen LogP contribution is 2.28. The first-order valence-electron chi connectivity index (χ1n) is 7.72. The fourth-order valence-corrected chi connectivity index (χ4v) is 4.28. The van der Waals surface area contributed by atoms with E-state index in [2.05, 4.69) is 5.32 Å². The van der Waals surface area contributed by atoms with Gasteiger partial charge < -0.3 is 10.1 Å². The first kappa shape index (κ1) is 17.0. The van der Waals surface area contributed by atoms with Crippen LogP contribution in [-0.2, 0) is 27.5 Å². The van der Waals surface area contributed by atoms with Crippen LogP contribution in [0.15, 0.2) is 47.4 Å². The number of benzene rings is 2. The molecule has 25 heavy (non-hydrogen) atoms. The summed E-state index contributed by atoms with van der Waals surface area (Å²) in [7, 11) is -3.22. The van der Waals surface area contributed by atoms with Crippen LogP contribution in [0.5, 0.6) is 5.75 Å². The summed E-state index contributed by atoms with van der Waals surface area (Å²) in [5.41, 5.74) is 2.06. The summed E-state index contributed by atoms with van der Waals surface area (Å²) in [4.78, 5) is 12.5. The van der Waals surface area contributed by atoms with Crippen LogP contribution in [0.1, 0.15) is 11.1 Å². The third-order valence-corrected chi connectivity index (χ3v) is 5.71. The zero-order valence-electron chi connectivity index (χ0n) is 13.4. The number of carbonyl (C=O) groups excluding carboxylic acids is 1. The molecule has 6 nitrogen and oxygen atoms in total. The molecule has 0 radical (unpaired) electrons. The molecule has 1 aliphatic heterocycles. The number of hydrogen-bond donors (Lipinski definition) is 1. The molecule has 2 aromatic rings. The first-order valence-corrected chi connectivity index (χ1v) is 9.37. The fraction of sp³-hybridized carbons (Fsp3) is 0.222. The summed E-state index contributed by atoms with van der Waals surface area (Å²) >= 11 is 0. The van der Waals surface area contributed by atoms with Gasteiger partial charge in [0.2, 0.25) is 5.91 Å². The second-order valence-electron chi connectivity index (χ2n) is 5.71. The average Bonchev–Trinajstić information content (AvgIpc) is 2.89. The number of sulfone groups is 1. The minimum Gasteiger partial charge on any atom is -0.479 e. The SMILES string of the molecule is N#CCOc1ccc(CC(=O)Nc2ccc3c(c2)S(=O)(=O)CC3)cc1. The number of carbonyl (C=O) groups is 1. The van der Waals surface area contributed by atoms with Crippen LogP contribution in [0.4, 0.5) is 5.69 Å². The third kappa shape index (κ3) is 3.98. The van der Waals surface area contributed by atoms with Crippen molar-refractivity contribution in [2.75, 3.05) is 17.7 Å². The van der Waals surface area contributed by atoms with Gasteiger partial charge in [-0.3, -0.25) is 4.79 Å². The number of nitrogens with zero attached hydrogens (tertiary/aromatic N) is 1. The van der Waals surface area contributed by atoms with Crippen molar-refractivity contribution in [2.24, 2.45) is 0 Å². The molecule has 0 saturated heterocycles. The average molecular weight is 356 g/mol. The van der Waals surface area contributed by atoms with Gasteiger partial charge in [-0.2, -0.15) is 5.26 Å². The minimum atomic E-state index is -3.22. The first-order chi connectivity index (χ1) is 12.0. The Balaban J connectivity index is 1.64. The molecule has 0 saturated carbocycles. The van der Waals surface area contributed by atoms with Crippen molar-refractivity contribution >= 4 is 21.4 Å². The lowest BCUT2D eigenvalue weighted by Crippen LogP contribution is -2.14. The topological polar surface area (TPSA) is 96.3 Å². The van der Waals surface area contributed by atoms with Crippen LogP contribution >= 0.6 is 0 Å². The van der Waals surface area contributed by atoms with Gasteiger partial charge in [-0.1, -0.05) is 18.2 Å². The van der Waals surface area contributed by atoms with Crippen LogP contribution in [-0.4, -0.2) is 26.7 Å². The van der Waals surface area contributed by atoms with E-state index in [0.717, 1.165) is 11.1 Å². The Kier molecular flexibility index (Phi) is 4.72. The Morgan fingerprint density at radius 1 is 1.20 bits per heavy atom. The molecule has 1 N–H and O–H groups in total. The predicted molar refractivity (Wildman–Crippen MR) is 92.1 cm³/mol. The molecule has 128 valence electrons. The number of ether oxygens (including phenoxy) is 1. The molecule has 0 unspecified atom stereocenters. The quantitative estimate of drug-likeness (QED) is 0.885. The maximum Gasteiger partial charge on any atom is 0.228 e. The van der Waals surface area contributed by atoms with Crippen molar-refractivity contribution < 1.29 is 17.9 Å². The second kappa shape index (κ2) is 6.95. The Bertz CT molecular complexity index is 944. The van der Waals surface area contributed by atoms with Crippen LogP contribution in [0.25, 0.3) is 0 Å². The van der Waals surface area contributed by atoms with E-state index in [0.29, 0.717) is 22.8 Å². The number of anilines is 1. The molecule has 1 aliphatic rings. The van der Waals surface area contributed by atoms with Gasteiger partial charge in [0.25, 0.3) is 0 Å². The number of aryl methyl sites for hydroxylation is 1. The zero-order valence-corrected chi connectivity index (χ0v) is 14.2. The lowest BCUT2D eigenvalue weighted by molar-refractivity contribution is -0.115. The van der Waals surface area contributed by atoms with Crippen molar-refractivity contribution in [1.29, 1.82) is 5.26 Å². The Morgan fingerprint density at radius 3 is 2.68 bits per heavy atom. The standard InChI is InChI=1S/C18H16N2O4S/c19-8-9-24-16-5-1-13(2-6-16)11-18(21)20-15-4-3-14-7-10-25(22,23)17(14)12-15/h1-6,12H,7,9-11H2,(H,20,21). The maximum atomic E-state index is 12.2. The summed E-state index contributed by atoms with van der Waals surface area (Å²) in [6.45, 7) is -0.0267. The van der Waals surface area contributed by atoms with Gasteiger partial charge in [-0.25, -0.2) is 8.42 Å². The van der Waals surface area contributed by atoms with E-state index in [4.69, 9.17) is 10.00 Å². The third-order valence-electron chi connectivity index (χ3n) is 3.92. The highest BCUT2D eigenvalue weighted by Gasteiger charge is 2.26. The molecular weight excluding hydrogens is 340 g/mol. The van der Waals surface area contributed by atoms with E-state index in [9.17, 15) is 13.2 Å². The Morgan fingerprint density at radius 2 is 1.96 bits per heavy atom.